The van der Waals surface area contributed by atoms with Crippen molar-refractivity contribution in [3.63, 3.8) is 0 Å². The van der Waals surface area contributed by atoms with Crippen molar-refractivity contribution in [2.75, 3.05) is 5.73 Å². The number of aryl methyl sites for hydroxylation is 2. The number of aromatic nitrogens is 2. The highest BCUT2D eigenvalue weighted by Crippen LogP contribution is 2.24. The molecule has 2 N–H and O–H groups in total. The molecule has 4 heteroatoms. The van der Waals surface area contributed by atoms with Crippen LogP contribution in [0.1, 0.15) is 11.1 Å². The molecular formula is C16H15N3O. The highest BCUT2D eigenvalue weighted by atomic mass is 16.5. The Kier molecular flexibility index (Phi) is 2.99. The fourth-order valence-electron chi connectivity index (χ4n) is 2.05. The van der Waals surface area contributed by atoms with Crippen LogP contribution in [0.4, 0.5) is 5.69 Å². The zero-order valence-corrected chi connectivity index (χ0v) is 11.4. The lowest BCUT2D eigenvalue weighted by molar-refractivity contribution is 0.432. The molecule has 3 aromatic rings. The minimum atomic E-state index is 0.526. The number of rotatable bonds is 2. The van der Waals surface area contributed by atoms with Gasteiger partial charge >= 0.3 is 0 Å². The molecule has 3 rings (SSSR count). The van der Waals surface area contributed by atoms with E-state index in [1.54, 1.807) is 0 Å². The summed E-state index contributed by atoms with van der Waals surface area (Å²) in [4.78, 5) is 4.44. The van der Waals surface area contributed by atoms with Crippen LogP contribution >= 0.6 is 0 Å². The number of nitrogens with two attached hydrogens (primary N) is 1. The highest BCUT2D eigenvalue weighted by Gasteiger charge is 2.11. The molecule has 100 valence electrons. The molecule has 1 aromatic heterocycles. The van der Waals surface area contributed by atoms with Gasteiger partial charge in [0.25, 0.3) is 5.89 Å². The summed E-state index contributed by atoms with van der Waals surface area (Å²) in [7, 11) is 0. The summed E-state index contributed by atoms with van der Waals surface area (Å²) >= 11 is 0. The van der Waals surface area contributed by atoms with Gasteiger partial charge in [-0.3, -0.25) is 0 Å². The van der Waals surface area contributed by atoms with Crippen LogP contribution in [0.3, 0.4) is 0 Å². The summed E-state index contributed by atoms with van der Waals surface area (Å²) in [6.07, 6.45) is 0. The normalized spacial score (nSPS) is 10.7. The maximum Gasteiger partial charge on any atom is 0.258 e. The Morgan fingerprint density at radius 2 is 1.85 bits per heavy atom. The Hall–Kier alpha value is -2.62. The molecule has 0 aliphatic heterocycles. The third-order valence-electron chi connectivity index (χ3n) is 3.22. The Bertz CT molecular complexity index is 762. The van der Waals surface area contributed by atoms with Crippen LogP contribution in [0, 0.1) is 13.8 Å². The monoisotopic (exact) mass is 265 g/mol. The van der Waals surface area contributed by atoms with E-state index in [4.69, 9.17) is 10.3 Å². The Balaban J connectivity index is 1.99. The first-order chi connectivity index (χ1) is 9.63. The average Bonchev–Trinajstić information content (AvgIpc) is 2.92. The smallest absolute Gasteiger partial charge is 0.258 e. The first-order valence-electron chi connectivity index (χ1n) is 6.41. The van der Waals surface area contributed by atoms with Crippen LogP contribution in [-0.2, 0) is 0 Å². The predicted octanol–water partition coefficient (Wildman–Crippen LogP) is 3.60. The average molecular weight is 265 g/mol. The van der Waals surface area contributed by atoms with E-state index in [1.165, 1.54) is 0 Å². The van der Waals surface area contributed by atoms with Crippen molar-refractivity contribution >= 4 is 5.69 Å². The van der Waals surface area contributed by atoms with Crippen molar-refractivity contribution in [1.82, 2.24) is 10.1 Å². The summed E-state index contributed by atoms with van der Waals surface area (Å²) in [5.74, 6) is 1.10. The number of hydrogen-bond donors (Lipinski definition) is 1. The first-order valence-corrected chi connectivity index (χ1v) is 6.41. The fourth-order valence-corrected chi connectivity index (χ4v) is 2.05. The lowest BCUT2D eigenvalue weighted by Gasteiger charge is -2.00. The van der Waals surface area contributed by atoms with Gasteiger partial charge in [0.05, 0.1) is 0 Å². The number of nitrogens with zero attached hydrogens (tertiary/aromatic N) is 2. The van der Waals surface area contributed by atoms with Gasteiger partial charge in [-0.25, -0.2) is 0 Å². The maximum absolute atomic E-state index is 5.82. The molecule has 0 saturated carbocycles. The van der Waals surface area contributed by atoms with Crippen LogP contribution < -0.4 is 5.73 Å². The summed E-state index contributed by atoms with van der Waals surface area (Å²) in [5.41, 5.74) is 10.6. The zero-order valence-electron chi connectivity index (χ0n) is 11.4. The molecular weight excluding hydrogens is 250 g/mol. The van der Waals surface area contributed by atoms with Gasteiger partial charge in [-0.1, -0.05) is 22.9 Å². The maximum atomic E-state index is 5.82. The van der Waals surface area contributed by atoms with E-state index in [1.807, 2.05) is 56.3 Å². The molecule has 0 saturated heterocycles. The van der Waals surface area contributed by atoms with E-state index < -0.39 is 0 Å². The van der Waals surface area contributed by atoms with Gasteiger partial charge in [0.15, 0.2) is 0 Å². The fraction of sp³-hybridized carbons (Fsp3) is 0.125. The molecule has 0 amide bonds. The molecule has 1 heterocycles. The number of hydrogen-bond acceptors (Lipinski definition) is 4. The van der Waals surface area contributed by atoms with E-state index >= 15 is 0 Å². The molecule has 0 aliphatic rings. The van der Waals surface area contributed by atoms with Crippen molar-refractivity contribution in [2.24, 2.45) is 0 Å². The molecule has 0 atom stereocenters. The van der Waals surface area contributed by atoms with Crippen LogP contribution in [0.2, 0.25) is 0 Å². The molecule has 0 unspecified atom stereocenters. The van der Waals surface area contributed by atoms with Crippen LogP contribution in [0.15, 0.2) is 47.0 Å². The Labute approximate surface area is 117 Å². The van der Waals surface area contributed by atoms with E-state index in [0.29, 0.717) is 11.7 Å². The third kappa shape index (κ3) is 2.28. The van der Waals surface area contributed by atoms with Gasteiger partial charge < -0.3 is 10.3 Å². The minimum Gasteiger partial charge on any atom is -0.399 e. The summed E-state index contributed by atoms with van der Waals surface area (Å²) in [5, 5.41) is 4.04. The third-order valence-corrected chi connectivity index (χ3v) is 3.22. The van der Waals surface area contributed by atoms with E-state index in [2.05, 4.69) is 10.1 Å². The lowest BCUT2D eigenvalue weighted by Crippen LogP contribution is -1.90. The molecule has 0 spiro atoms. The van der Waals surface area contributed by atoms with Gasteiger partial charge in [-0.15, -0.1) is 0 Å². The van der Waals surface area contributed by atoms with Gasteiger partial charge in [-0.05, 0) is 49.7 Å². The van der Waals surface area contributed by atoms with Crippen LogP contribution in [0.5, 0.6) is 0 Å². The SMILES string of the molecule is Cc1cccc(-c2nc(-c3ccc(N)c(C)c3)no2)c1. The standard InChI is InChI=1S/C16H15N3O/c1-10-4-3-5-13(8-10)16-18-15(19-20-16)12-6-7-14(17)11(2)9-12/h3-9H,17H2,1-2H3. The number of anilines is 1. The second-order valence-corrected chi connectivity index (χ2v) is 4.86. The van der Waals surface area contributed by atoms with Crippen molar-refractivity contribution < 1.29 is 4.52 Å². The first kappa shape index (κ1) is 12.4. The molecule has 2 aromatic carbocycles. The van der Waals surface area contributed by atoms with Crippen LogP contribution in [0.25, 0.3) is 22.8 Å². The van der Waals surface area contributed by atoms with E-state index in [-0.39, 0.29) is 0 Å². The van der Waals surface area contributed by atoms with Crippen molar-refractivity contribution in [1.29, 1.82) is 0 Å². The topological polar surface area (TPSA) is 64.9 Å². The van der Waals surface area contributed by atoms with Gasteiger partial charge in [-0.2, -0.15) is 4.98 Å². The molecule has 20 heavy (non-hydrogen) atoms. The van der Waals surface area contributed by atoms with Crippen molar-refractivity contribution in [2.45, 2.75) is 13.8 Å². The molecule has 0 radical (unpaired) electrons. The van der Waals surface area contributed by atoms with Gasteiger partial charge in [0.2, 0.25) is 5.82 Å². The number of benzene rings is 2. The van der Waals surface area contributed by atoms with Crippen molar-refractivity contribution in [3.8, 4) is 22.8 Å². The van der Waals surface area contributed by atoms with E-state index in [0.717, 1.165) is 27.9 Å². The molecule has 0 aliphatic carbocycles. The predicted molar refractivity (Wildman–Crippen MR) is 79.1 cm³/mol. The second kappa shape index (κ2) is 4.81. The molecule has 0 fully saturated rings. The summed E-state index contributed by atoms with van der Waals surface area (Å²) < 4.78 is 5.34. The number of nitrogen functional groups attached to an aromatic ring is 1. The largest absolute Gasteiger partial charge is 0.399 e. The Morgan fingerprint density at radius 1 is 1.00 bits per heavy atom. The summed E-state index contributed by atoms with van der Waals surface area (Å²) in [6, 6.07) is 13.7. The van der Waals surface area contributed by atoms with Gasteiger partial charge in [0.1, 0.15) is 0 Å². The van der Waals surface area contributed by atoms with E-state index in [9.17, 15) is 0 Å². The second-order valence-electron chi connectivity index (χ2n) is 4.86. The highest BCUT2D eigenvalue weighted by molar-refractivity contribution is 5.64. The quantitative estimate of drug-likeness (QED) is 0.719. The molecule has 0 bridgehead atoms. The molecule has 4 nitrogen and oxygen atoms in total. The lowest BCUT2D eigenvalue weighted by atomic mass is 10.1. The van der Waals surface area contributed by atoms with Crippen LogP contribution in [-0.4, -0.2) is 10.1 Å². The van der Waals surface area contributed by atoms with Crippen molar-refractivity contribution in [3.05, 3.63) is 53.6 Å². The zero-order chi connectivity index (χ0) is 14.1. The Morgan fingerprint density at radius 3 is 2.60 bits per heavy atom. The minimum absolute atomic E-state index is 0.526. The van der Waals surface area contributed by atoms with Gasteiger partial charge in [0, 0.05) is 16.8 Å². The summed E-state index contributed by atoms with van der Waals surface area (Å²) in [6.45, 7) is 3.99.